The lowest BCUT2D eigenvalue weighted by Crippen LogP contribution is -2.61. The molecule has 0 unspecified atom stereocenters. The second-order valence-corrected chi connectivity index (χ2v) is 11.8. The number of nitrogens with zero attached hydrogens (tertiary/aromatic N) is 2. The van der Waals surface area contributed by atoms with Crippen LogP contribution in [-0.4, -0.2) is 131 Å². The first kappa shape index (κ1) is 45.7. The smallest absolute Gasteiger partial charge is 0.328 e. The first-order valence-corrected chi connectivity index (χ1v) is 15.9. The van der Waals surface area contributed by atoms with E-state index in [9.17, 15) is 48.9 Å². The van der Waals surface area contributed by atoms with E-state index in [1.165, 1.54) is 0 Å². The van der Waals surface area contributed by atoms with Crippen molar-refractivity contribution in [3.05, 3.63) is 0 Å². The molecule has 6 amide bonds. The van der Waals surface area contributed by atoms with Gasteiger partial charge in [0.2, 0.25) is 35.4 Å². The van der Waals surface area contributed by atoms with Gasteiger partial charge in [-0.1, -0.05) is 13.8 Å². The zero-order valence-corrected chi connectivity index (χ0v) is 28.8. The number of aliphatic hydroxyl groups is 2. The van der Waals surface area contributed by atoms with E-state index in [4.69, 9.17) is 34.4 Å². The number of carboxylic acids is 1. The summed E-state index contributed by atoms with van der Waals surface area (Å²) in [5.74, 6) is -8.33. The number of guanidine groups is 2. The van der Waals surface area contributed by atoms with E-state index in [-0.39, 0.29) is 56.6 Å². The van der Waals surface area contributed by atoms with E-state index in [1.807, 2.05) is 0 Å². The second kappa shape index (κ2) is 23.2. The van der Waals surface area contributed by atoms with E-state index in [1.54, 1.807) is 13.8 Å². The van der Waals surface area contributed by atoms with Crippen LogP contribution in [0.5, 0.6) is 0 Å². The largest absolute Gasteiger partial charge is 0.480 e. The minimum atomic E-state index is -1.77. The Bertz CT molecular complexity index is 1270. The van der Waals surface area contributed by atoms with Crippen molar-refractivity contribution < 1.29 is 48.9 Å². The molecule has 290 valence electrons. The van der Waals surface area contributed by atoms with Crippen molar-refractivity contribution in [3.8, 4) is 0 Å². The molecule has 0 fully saturated rings. The fourth-order valence-electron chi connectivity index (χ4n) is 4.18. The van der Waals surface area contributed by atoms with Gasteiger partial charge in [-0.2, -0.15) is 0 Å². The van der Waals surface area contributed by atoms with Crippen molar-refractivity contribution in [2.45, 2.75) is 95.2 Å². The minimum Gasteiger partial charge on any atom is -0.480 e. The molecule has 0 bridgehead atoms. The predicted octanol–water partition coefficient (Wildman–Crippen LogP) is -7.17. The lowest BCUT2D eigenvalue weighted by atomic mass is 10.0. The summed E-state index contributed by atoms with van der Waals surface area (Å²) in [5, 5.41) is 40.3. The predicted molar refractivity (Wildman–Crippen MR) is 183 cm³/mol. The first-order valence-electron chi connectivity index (χ1n) is 15.9. The lowest BCUT2D eigenvalue weighted by molar-refractivity contribution is -0.143. The van der Waals surface area contributed by atoms with Crippen LogP contribution in [0.25, 0.3) is 0 Å². The summed E-state index contributed by atoms with van der Waals surface area (Å²) in [7, 11) is 0. The van der Waals surface area contributed by atoms with Gasteiger partial charge in [0.15, 0.2) is 11.9 Å². The van der Waals surface area contributed by atoms with E-state index < -0.39 is 96.8 Å². The van der Waals surface area contributed by atoms with E-state index >= 15 is 0 Å². The van der Waals surface area contributed by atoms with Crippen LogP contribution in [0.4, 0.5) is 0 Å². The number of primary amides is 1. The van der Waals surface area contributed by atoms with Crippen molar-refractivity contribution in [1.29, 1.82) is 0 Å². The molecule has 20 N–H and O–H groups in total. The first-order chi connectivity index (χ1) is 23.7. The Labute approximate surface area is 294 Å². The molecule has 23 nitrogen and oxygen atoms in total. The molecule has 0 rings (SSSR count). The monoisotopic (exact) mass is 731 g/mol. The number of hydrogen-bond donors (Lipinski definition) is 14. The third kappa shape index (κ3) is 18.3. The molecule has 51 heavy (non-hydrogen) atoms. The minimum absolute atomic E-state index is 0.000698. The molecule has 0 spiro atoms. The number of aliphatic carboxylic acids is 1. The molecule has 0 aromatic rings. The number of rotatable bonds is 24. The quantitative estimate of drug-likeness (QED) is 0.0249. The average molecular weight is 732 g/mol. The number of amides is 6. The Morgan fingerprint density at radius 2 is 1.04 bits per heavy atom. The molecule has 0 aliphatic carbocycles. The molecule has 0 aromatic carbocycles. The summed E-state index contributed by atoms with van der Waals surface area (Å²) < 4.78 is 0. The van der Waals surface area contributed by atoms with Gasteiger partial charge in [0, 0.05) is 13.1 Å². The van der Waals surface area contributed by atoms with Gasteiger partial charge in [0.1, 0.15) is 30.2 Å². The highest BCUT2D eigenvalue weighted by molar-refractivity contribution is 5.98. The van der Waals surface area contributed by atoms with Crippen LogP contribution in [0, 0.1) is 5.92 Å². The van der Waals surface area contributed by atoms with Crippen molar-refractivity contribution in [2.75, 3.05) is 19.7 Å². The van der Waals surface area contributed by atoms with Crippen molar-refractivity contribution in [3.63, 3.8) is 0 Å². The molecular formula is C28H53N13O10. The lowest BCUT2D eigenvalue weighted by Gasteiger charge is -2.28. The number of nitrogens with two attached hydrogens (primary N) is 6. The van der Waals surface area contributed by atoms with Crippen LogP contribution in [0.3, 0.4) is 0 Å². The zero-order chi connectivity index (χ0) is 39.4. The van der Waals surface area contributed by atoms with Gasteiger partial charge < -0.3 is 76.3 Å². The molecule has 0 heterocycles. The Kier molecular flexibility index (Phi) is 20.8. The molecule has 0 radical (unpaired) electrons. The van der Waals surface area contributed by atoms with Gasteiger partial charge in [0.05, 0.1) is 25.2 Å². The SMILES string of the molecule is CC(C)[C@H](N)C(=O)N[C@@H](CCCN=C(N)N)C(=O)N[C@H](C(=O)N[C@@H](CC(N)=O)C(=O)N[C@@H](CCCN=C(N)N)C(=O)N[C@@H](CO)C(=O)O)[C@@H](C)O. The summed E-state index contributed by atoms with van der Waals surface area (Å²) >= 11 is 0. The van der Waals surface area contributed by atoms with Crippen molar-refractivity contribution in [2.24, 2.45) is 50.3 Å². The van der Waals surface area contributed by atoms with Crippen LogP contribution in [0.1, 0.15) is 52.9 Å². The second-order valence-electron chi connectivity index (χ2n) is 11.8. The van der Waals surface area contributed by atoms with Gasteiger partial charge in [0.25, 0.3) is 0 Å². The fourth-order valence-corrected chi connectivity index (χ4v) is 4.18. The van der Waals surface area contributed by atoms with Crippen molar-refractivity contribution >= 4 is 53.3 Å². The number of aliphatic hydroxyl groups excluding tert-OH is 2. The molecular weight excluding hydrogens is 678 g/mol. The van der Waals surface area contributed by atoms with Crippen LogP contribution < -0.4 is 61.0 Å². The molecule has 23 heteroatoms. The highest BCUT2D eigenvalue weighted by Gasteiger charge is 2.35. The molecule has 0 saturated carbocycles. The average Bonchev–Trinajstić information content (AvgIpc) is 3.02. The third-order valence-corrected chi connectivity index (χ3v) is 7.08. The van der Waals surface area contributed by atoms with E-state index in [2.05, 4.69) is 36.6 Å². The Hall–Kier alpha value is -5.29. The number of aliphatic imine (C=N–C) groups is 2. The normalized spacial score (nSPS) is 15.0. The maximum absolute atomic E-state index is 13.4. The molecule has 0 aliphatic rings. The summed E-state index contributed by atoms with van der Waals surface area (Å²) in [6.45, 7) is 3.63. The van der Waals surface area contributed by atoms with Crippen molar-refractivity contribution in [1.82, 2.24) is 26.6 Å². The maximum Gasteiger partial charge on any atom is 0.328 e. The fraction of sp³-hybridized carbons (Fsp3) is 0.679. The Morgan fingerprint density at radius 1 is 0.627 bits per heavy atom. The van der Waals surface area contributed by atoms with E-state index in [0.717, 1.165) is 6.92 Å². The van der Waals surface area contributed by atoms with Gasteiger partial charge in [-0.3, -0.25) is 38.8 Å². The highest BCUT2D eigenvalue weighted by atomic mass is 16.4. The Morgan fingerprint density at radius 3 is 1.43 bits per heavy atom. The summed E-state index contributed by atoms with van der Waals surface area (Å²) in [6.07, 6.45) is -2.32. The molecule has 0 saturated heterocycles. The number of nitrogens with one attached hydrogen (secondary N) is 5. The Balaban J connectivity index is 6.17. The molecule has 0 aliphatic heterocycles. The standard InChI is InChI=1S/C28H53N13O10/c1-12(2)19(30)24(48)38-15(7-5-9-36-28(33)34)22(46)41-20(13(3)43)25(49)39-16(10-18(29)44)23(47)37-14(6-4-8-35-27(31)32)21(45)40-17(11-42)26(50)51/h12-17,19-20,42-43H,4-11,30H2,1-3H3,(H2,29,44)(H,37,47)(H,38,48)(H,39,49)(H,40,45)(H,41,46)(H,50,51)(H4,31,32,35)(H4,33,34,36)/t13-,14+,15+,16+,17+,19+,20+/m1/s1. The zero-order valence-electron chi connectivity index (χ0n) is 28.8. The van der Waals surface area contributed by atoms with Crippen LogP contribution >= 0.6 is 0 Å². The topological polar surface area (TPSA) is 421 Å². The van der Waals surface area contributed by atoms with Crippen LogP contribution in [0.2, 0.25) is 0 Å². The number of carbonyl (C=O) groups is 7. The maximum atomic E-state index is 13.4. The van der Waals surface area contributed by atoms with Gasteiger partial charge >= 0.3 is 5.97 Å². The summed E-state index contributed by atoms with van der Waals surface area (Å²) in [6, 6.07) is -9.00. The van der Waals surface area contributed by atoms with Crippen LogP contribution in [0.15, 0.2) is 9.98 Å². The number of carbonyl (C=O) groups excluding carboxylic acids is 6. The number of hydrogen-bond acceptors (Lipinski definition) is 12. The van der Waals surface area contributed by atoms with Crippen LogP contribution in [-0.2, 0) is 33.6 Å². The number of carboxylic acid groups (broad SMARTS) is 1. The molecule has 7 atom stereocenters. The van der Waals surface area contributed by atoms with Gasteiger partial charge in [-0.25, -0.2) is 4.79 Å². The summed E-state index contributed by atoms with van der Waals surface area (Å²) in [4.78, 5) is 96.4. The van der Waals surface area contributed by atoms with E-state index in [0.29, 0.717) is 0 Å². The van der Waals surface area contributed by atoms with Gasteiger partial charge in [-0.05, 0) is 38.5 Å². The third-order valence-electron chi connectivity index (χ3n) is 7.08. The summed E-state index contributed by atoms with van der Waals surface area (Å²) in [5.41, 5.74) is 32.4. The van der Waals surface area contributed by atoms with Gasteiger partial charge in [-0.15, -0.1) is 0 Å². The molecule has 0 aromatic heterocycles. The highest BCUT2D eigenvalue weighted by Crippen LogP contribution is 2.07.